The third-order valence-corrected chi connectivity index (χ3v) is 5.23. The van der Waals surface area contributed by atoms with Crippen LogP contribution in [0.5, 0.6) is 0 Å². The van der Waals surface area contributed by atoms with E-state index in [1.165, 1.54) is 28.5 Å². The number of aromatic nitrogens is 1. The van der Waals surface area contributed by atoms with Gasteiger partial charge in [0.1, 0.15) is 0 Å². The highest BCUT2D eigenvalue weighted by Gasteiger charge is 2.34. The zero-order valence-electron chi connectivity index (χ0n) is 12.0. The molecule has 0 radical (unpaired) electrons. The number of hydrogen-bond donors (Lipinski definition) is 1. The summed E-state index contributed by atoms with van der Waals surface area (Å²) in [6, 6.07) is 0. The maximum absolute atomic E-state index is 5.87. The fourth-order valence-corrected chi connectivity index (χ4v) is 3.90. The largest absolute Gasteiger partial charge is 0.343 e. The van der Waals surface area contributed by atoms with Gasteiger partial charge in [-0.05, 0) is 39.0 Å². The Labute approximate surface area is 114 Å². The van der Waals surface area contributed by atoms with Crippen molar-refractivity contribution in [2.75, 3.05) is 11.4 Å². The summed E-state index contributed by atoms with van der Waals surface area (Å²) in [5.41, 5.74) is 7.35. The number of hydrogen-bond acceptors (Lipinski definition) is 4. The molecule has 3 nitrogen and oxygen atoms in total. The number of nitrogens with zero attached hydrogens (tertiary/aromatic N) is 2. The lowest BCUT2D eigenvalue weighted by atomic mass is 10.0. The first-order chi connectivity index (χ1) is 8.49. The molecule has 102 valence electrons. The minimum absolute atomic E-state index is 0.246. The van der Waals surface area contributed by atoms with Crippen molar-refractivity contribution in [3.63, 3.8) is 0 Å². The zero-order chi connectivity index (χ0) is 13.3. The van der Waals surface area contributed by atoms with E-state index in [-0.39, 0.29) is 5.54 Å². The molecule has 1 aliphatic heterocycles. The van der Waals surface area contributed by atoms with E-state index in [0.29, 0.717) is 12.5 Å². The highest BCUT2D eigenvalue weighted by molar-refractivity contribution is 7.15. The van der Waals surface area contributed by atoms with Gasteiger partial charge in [-0.2, -0.15) is 0 Å². The van der Waals surface area contributed by atoms with Gasteiger partial charge in [-0.15, -0.1) is 11.3 Å². The summed E-state index contributed by atoms with van der Waals surface area (Å²) < 4.78 is 0. The lowest BCUT2D eigenvalue weighted by Crippen LogP contribution is -2.38. The molecule has 0 amide bonds. The van der Waals surface area contributed by atoms with Gasteiger partial charge in [0, 0.05) is 23.5 Å². The molecule has 4 heteroatoms. The fourth-order valence-electron chi connectivity index (χ4n) is 2.65. The van der Waals surface area contributed by atoms with E-state index in [1.54, 1.807) is 11.3 Å². The van der Waals surface area contributed by atoms with Crippen LogP contribution in [0.1, 0.15) is 63.4 Å². The maximum atomic E-state index is 5.87. The predicted molar refractivity (Wildman–Crippen MR) is 79.4 cm³/mol. The van der Waals surface area contributed by atoms with Crippen LogP contribution in [-0.2, 0) is 6.54 Å². The van der Waals surface area contributed by atoms with Crippen LogP contribution < -0.4 is 10.6 Å². The van der Waals surface area contributed by atoms with E-state index in [2.05, 4.69) is 32.6 Å². The lowest BCUT2D eigenvalue weighted by molar-refractivity contribution is 0.516. The highest BCUT2D eigenvalue weighted by Crippen LogP contribution is 2.38. The second kappa shape index (κ2) is 5.17. The van der Waals surface area contributed by atoms with Crippen LogP contribution in [-0.4, -0.2) is 17.1 Å². The van der Waals surface area contributed by atoms with Crippen LogP contribution in [0.25, 0.3) is 0 Å². The molecule has 1 aromatic heterocycles. The molecule has 2 heterocycles. The molecule has 1 aromatic rings. The van der Waals surface area contributed by atoms with Gasteiger partial charge in [-0.25, -0.2) is 4.98 Å². The molecule has 0 saturated carbocycles. The molecule has 1 aliphatic rings. The van der Waals surface area contributed by atoms with Crippen LogP contribution in [0, 0.1) is 0 Å². The van der Waals surface area contributed by atoms with Crippen molar-refractivity contribution >= 4 is 16.5 Å². The normalized spacial score (nSPS) is 20.4. The van der Waals surface area contributed by atoms with Crippen molar-refractivity contribution < 1.29 is 0 Å². The Morgan fingerprint density at radius 3 is 2.72 bits per heavy atom. The van der Waals surface area contributed by atoms with E-state index < -0.39 is 0 Å². The molecule has 2 rings (SSSR count). The Kier molecular flexibility index (Phi) is 3.97. The van der Waals surface area contributed by atoms with E-state index in [1.807, 2.05) is 0 Å². The van der Waals surface area contributed by atoms with E-state index in [9.17, 15) is 0 Å². The van der Waals surface area contributed by atoms with Crippen molar-refractivity contribution in [1.82, 2.24) is 4.98 Å². The summed E-state index contributed by atoms with van der Waals surface area (Å²) >= 11 is 1.79. The molecule has 0 aromatic carbocycles. The summed E-state index contributed by atoms with van der Waals surface area (Å²) in [5.74, 6) is 0.513. The molecule has 18 heavy (non-hydrogen) atoms. The number of rotatable bonds is 4. The summed E-state index contributed by atoms with van der Waals surface area (Å²) in [7, 11) is 0. The molecule has 0 bridgehead atoms. The standard InChI is InChI=1S/C14H25N3S/c1-5-10(2)12-11(9-15)18-13(16-12)17-8-6-7-14(17,3)4/h10H,5-9,15H2,1-4H3. The van der Waals surface area contributed by atoms with Crippen LogP contribution in [0.15, 0.2) is 0 Å². The van der Waals surface area contributed by atoms with Crippen molar-refractivity contribution in [3.8, 4) is 0 Å². The first-order valence-corrected chi connectivity index (χ1v) is 7.78. The lowest BCUT2D eigenvalue weighted by Gasteiger charge is -2.31. The van der Waals surface area contributed by atoms with Gasteiger partial charge < -0.3 is 10.6 Å². The molecule has 1 saturated heterocycles. The minimum Gasteiger partial charge on any atom is -0.343 e. The van der Waals surface area contributed by atoms with Crippen LogP contribution in [0.3, 0.4) is 0 Å². The minimum atomic E-state index is 0.246. The summed E-state index contributed by atoms with van der Waals surface area (Å²) in [6.07, 6.45) is 3.64. The van der Waals surface area contributed by atoms with Gasteiger partial charge >= 0.3 is 0 Å². The first kappa shape index (κ1) is 13.8. The fraction of sp³-hybridized carbons (Fsp3) is 0.786. The summed E-state index contributed by atoms with van der Waals surface area (Å²) in [6.45, 7) is 10.8. The quantitative estimate of drug-likeness (QED) is 0.908. The molecule has 2 N–H and O–H groups in total. The summed E-state index contributed by atoms with van der Waals surface area (Å²) in [5, 5.41) is 1.17. The molecular formula is C14H25N3S. The average Bonchev–Trinajstić information content (AvgIpc) is 2.90. The Morgan fingerprint density at radius 1 is 1.50 bits per heavy atom. The molecule has 0 aliphatic carbocycles. The molecule has 0 spiro atoms. The van der Waals surface area contributed by atoms with Crippen molar-refractivity contribution in [2.24, 2.45) is 5.73 Å². The van der Waals surface area contributed by atoms with E-state index >= 15 is 0 Å². The molecular weight excluding hydrogens is 242 g/mol. The van der Waals surface area contributed by atoms with Crippen molar-refractivity contribution in [3.05, 3.63) is 10.6 Å². The second-order valence-corrected chi connectivity index (χ2v) is 6.95. The molecule has 1 atom stereocenters. The van der Waals surface area contributed by atoms with Crippen molar-refractivity contribution in [2.45, 2.75) is 65.0 Å². The van der Waals surface area contributed by atoms with Crippen LogP contribution in [0.4, 0.5) is 5.13 Å². The highest BCUT2D eigenvalue weighted by atomic mass is 32.1. The number of anilines is 1. The third kappa shape index (κ3) is 2.41. The third-order valence-electron chi connectivity index (χ3n) is 4.11. The van der Waals surface area contributed by atoms with Gasteiger partial charge in [-0.1, -0.05) is 13.8 Å². The first-order valence-electron chi connectivity index (χ1n) is 6.97. The van der Waals surface area contributed by atoms with Gasteiger partial charge in [0.15, 0.2) is 5.13 Å². The second-order valence-electron chi connectivity index (χ2n) is 5.89. The summed E-state index contributed by atoms with van der Waals surface area (Å²) in [4.78, 5) is 8.62. The van der Waals surface area contributed by atoms with Gasteiger partial charge in [0.25, 0.3) is 0 Å². The Morgan fingerprint density at radius 2 is 2.22 bits per heavy atom. The maximum Gasteiger partial charge on any atom is 0.186 e. The van der Waals surface area contributed by atoms with Crippen LogP contribution >= 0.6 is 11.3 Å². The molecule has 1 fully saturated rings. The average molecular weight is 267 g/mol. The SMILES string of the molecule is CCC(C)c1nc(N2CCCC2(C)C)sc1CN. The van der Waals surface area contributed by atoms with E-state index in [0.717, 1.165) is 13.0 Å². The smallest absolute Gasteiger partial charge is 0.186 e. The Balaban J connectivity index is 2.32. The number of thiazole rings is 1. The Bertz CT molecular complexity index is 411. The topological polar surface area (TPSA) is 42.2 Å². The Hall–Kier alpha value is -0.610. The van der Waals surface area contributed by atoms with E-state index in [4.69, 9.17) is 10.7 Å². The van der Waals surface area contributed by atoms with Gasteiger partial charge in [0.05, 0.1) is 5.69 Å². The zero-order valence-corrected chi connectivity index (χ0v) is 12.8. The van der Waals surface area contributed by atoms with Gasteiger partial charge in [-0.3, -0.25) is 0 Å². The van der Waals surface area contributed by atoms with Crippen molar-refractivity contribution in [1.29, 1.82) is 0 Å². The van der Waals surface area contributed by atoms with Gasteiger partial charge in [0.2, 0.25) is 0 Å². The number of nitrogens with two attached hydrogens (primary N) is 1. The molecule has 1 unspecified atom stereocenters. The monoisotopic (exact) mass is 267 g/mol. The van der Waals surface area contributed by atoms with Crippen LogP contribution in [0.2, 0.25) is 0 Å². The predicted octanol–water partition coefficient (Wildman–Crippen LogP) is 3.49.